The van der Waals surface area contributed by atoms with Gasteiger partial charge in [-0.2, -0.15) is 5.26 Å². The number of hydrogen-bond donors (Lipinski definition) is 1. The molecule has 0 heterocycles. The summed E-state index contributed by atoms with van der Waals surface area (Å²) in [5, 5.41) is 11.3. The second kappa shape index (κ2) is 10.5. The van der Waals surface area contributed by atoms with Gasteiger partial charge in [0.15, 0.2) is 9.84 Å². The number of amides is 1. The molecule has 1 amide bonds. The zero-order valence-corrected chi connectivity index (χ0v) is 16.7. The molecule has 0 aliphatic heterocycles. The summed E-state index contributed by atoms with van der Waals surface area (Å²) in [6, 6.07) is 15.3. The third kappa shape index (κ3) is 6.39. The van der Waals surface area contributed by atoms with Crippen molar-refractivity contribution in [3.8, 4) is 11.8 Å². The number of ether oxygens (including phenoxy) is 1. The van der Waals surface area contributed by atoms with Gasteiger partial charge >= 0.3 is 0 Å². The highest BCUT2D eigenvalue weighted by Gasteiger charge is 2.15. The summed E-state index contributed by atoms with van der Waals surface area (Å²) < 4.78 is 29.9. The van der Waals surface area contributed by atoms with E-state index in [0.717, 1.165) is 17.7 Å². The third-order valence-corrected chi connectivity index (χ3v) is 5.84. The molecule has 2 aromatic carbocycles. The first kappa shape index (κ1) is 21.5. The third-order valence-electron chi connectivity index (χ3n) is 4.03. The summed E-state index contributed by atoms with van der Waals surface area (Å²) in [5.74, 6) is 0.438. The van der Waals surface area contributed by atoms with Crippen molar-refractivity contribution in [2.24, 2.45) is 0 Å². The van der Waals surface area contributed by atoms with Gasteiger partial charge in [-0.1, -0.05) is 19.1 Å². The van der Waals surface area contributed by atoms with Gasteiger partial charge in [-0.15, -0.1) is 0 Å². The van der Waals surface area contributed by atoms with Crippen LogP contribution in [-0.4, -0.2) is 26.7 Å². The molecule has 0 spiro atoms. The molecular weight excluding hydrogens is 376 g/mol. The number of unbranched alkanes of at least 4 members (excludes halogenated alkanes) is 1. The standard InChI is InChI=1S/C21H24N2O4S/c1-2-14-27-19-9-5-17(6-10-19)16-23-21(24)18-7-11-20(12-8-18)28(25,26)15-4-3-13-22/h5-12H,2-4,14-16H2,1H3,(H,23,24). The quantitative estimate of drug-likeness (QED) is 0.616. The molecule has 0 atom stereocenters. The molecule has 28 heavy (non-hydrogen) atoms. The van der Waals surface area contributed by atoms with Gasteiger partial charge in [0.2, 0.25) is 0 Å². The number of nitrogens with zero attached hydrogens (tertiary/aromatic N) is 1. The number of nitriles is 1. The average Bonchev–Trinajstić information content (AvgIpc) is 2.71. The number of rotatable bonds is 10. The molecule has 0 fully saturated rings. The van der Waals surface area contributed by atoms with Crippen LogP contribution in [0.2, 0.25) is 0 Å². The van der Waals surface area contributed by atoms with Crippen molar-refractivity contribution < 1.29 is 17.9 Å². The Kier molecular flexibility index (Phi) is 8.02. The minimum Gasteiger partial charge on any atom is -0.494 e. The maximum atomic E-state index is 12.3. The molecule has 0 aliphatic rings. The minimum atomic E-state index is -3.44. The van der Waals surface area contributed by atoms with Crippen molar-refractivity contribution in [1.82, 2.24) is 5.32 Å². The van der Waals surface area contributed by atoms with Crippen molar-refractivity contribution in [3.05, 3.63) is 59.7 Å². The number of hydrogen-bond acceptors (Lipinski definition) is 5. The van der Waals surface area contributed by atoms with Crippen LogP contribution >= 0.6 is 0 Å². The van der Waals surface area contributed by atoms with Gasteiger partial charge in [-0.25, -0.2) is 8.42 Å². The second-order valence-corrected chi connectivity index (χ2v) is 8.39. The van der Waals surface area contributed by atoms with Crippen molar-refractivity contribution in [2.75, 3.05) is 12.4 Å². The van der Waals surface area contributed by atoms with E-state index in [1.54, 1.807) is 0 Å². The van der Waals surface area contributed by atoms with E-state index >= 15 is 0 Å². The van der Waals surface area contributed by atoms with Crippen LogP contribution in [0.5, 0.6) is 5.75 Å². The Morgan fingerprint density at radius 1 is 1.11 bits per heavy atom. The molecule has 6 nitrogen and oxygen atoms in total. The van der Waals surface area contributed by atoms with E-state index in [-0.39, 0.29) is 23.0 Å². The van der Waals surface area contributed by atoms with Crippen LogP contribution in [-0.2, 0) is 16.4 Å². The molecular formula is C21H24N2O4S. The Hall–Kier alpha value is -2.85. The molecule has 2 aromatic rings. The topological polar surface area (TPSA) is 96.3 Å². The first-order valence-electron chi connectivity index (χ1n) is 9.16. The maximum Gasteiger partial charge on any atom is 0.251 e. The van der Waals surface area contributed by atoms with Gasteiger partial charge in [0, 0.05) is 18.5 Å². The smallest absolute Gasteiger partial charge is 0.251 e. The van der Waals surface area contributed by atoms with Crippen LogP contribution in [0.15, 0.2) is 53.4 Å². The lowest BCUT2D eigenvalue weighted by Crippen LogP contribution is -2.22. The van der Waals surface area contributed by atoms with Crippen LogP contribution in [0.4, 0.5) is 0 Å². The van der Waals surface area contributed by atoms with Crippen molar-refractivity contribution in [2.45, 2.75) is 37.6 Å². The Morgan fingerprint density at radius 2 is 1.79 bits per heavy atom. The lowest BCUT2D eigenvalue weighted by molar-refractivity contribution is 0.0951. The van der Waals surface area contributed by atoms with Crippen LogP contribution < -0.4 is 10.1 Å². The van der Waals surface area contributed by atoms with Gasteiger partial charge in [0.25, 0.3) is 5.91 Å². The Labute approximate surface area is 166 Å². The van der Waals surface area contributed by atoms with Crippen molar-refractivity contribution in [3.63, 3.8) is 0 Å². The highest BCUT2D eigenvalue weighted by molar-refractivity contribution is 7.91. The maximum absolute atomic E-state index is 12.3. The van der Waals surface area contributed by atoms with Gasteiger partial charge < -0.3 is 10.1 Å². The summed E-state index contributed by atoms with van der Waals surface area (Å²) >= 11 is 0. The fourth-order valence-corrected chi connectivity index (χ4v) is 3.79. The minimum absolute atomic E-state index is 0.0793. The van der Waals surface area contributed by atoms with E-state index in [9.17, 15) is 13.2 Å². The van der Waals surface area contributed by atoms with E-state index < -0.39 is 9.84 Å². The van der Waals surface area contributed by atoms with E-state index in [2.05, 4.69) is 5.32 Å². The van der Waals surface area contributed by atoms with E-state index in [1.807, 2.05) is 37.3 Å². The molecule has 0 aliphatic carbocycles. The SMILES string of the molecule is CCCOc1ccc(CNC(=O)c2ccc(S(=O)(=O)CCCC#N)cc2)cc1. The highest BCUT2D eigenvalue weighted by Crippen LogP contribution is 2.15. The van der Waals surface area contributed by atoms with Gasteiger partial charge in [0.05, 0.1) is 23.3 Å². The first-order valence-corrected chi connectivity index (χ1v) is 10.8. The lowest BCUT2D eigenvalue weighted by atomic mass is 10.2. The zero-order valence-electron chi connectivity index (χ0n) is 15.8. The monoisotopic (exact) mass is 400 g/mol. The zero-order chi connectivity index (χ0) is 20.4. The molecule has 0 radical (unpaired) electrons. The predicted molar refractivity (Wildman–Crippen MR) is 107 cm³/mol. The van der Waals surface area contributed by atoms with Crippen LogP contribution in [0.25, 0.3) is 0 Å². The van der Waals surface area contributed by atoms with Crippen LogP contribution in [0.1, 0.15) is 42.1 Å². The van der Waals surface area contributed by atoms with Gasteiger partial charge in [-0.3, -0.25) is 4.79 Å². The number of sulfone groups is 1. The fraction of sp³-hybridized carbons (Fsp3) is 0.333. The molecule has 148 valence electrons. The Balaban J connectivity index is 1.91. The Bertz CT molecular complexity index is 914. The van der Waals surface area contributed by atoms with E-state index in [4.69, 9.17) is 10.00 Å². The number of nitrogens with one attached hydrogen (secondary N) is 1. The summed E-state index contributed by atoms with van der Waals surface area (Å²) in [7, 11) is -3.44. The van der Waals surface area contributed by atoms with E-state index in [1.165, 1.54) is 24.3 Å². The molecule has 0 unspecified atom stereocenters. The number of carbonyl (C=O) groups is 1. The molecule has 0 aromatic heterocycles. The summed E-state index contributed by atoms with van der Waals surface area (Å²) in [6.45, 7) is 3.07. The largest absolute Gasteiger partial charge is 0.494 e. The number of carbonyl (C=O) groups excluding carboxylic acids is 1. The van der Waals surface area contributed by atoms with Crippen LogP contribution in [0.3, 0.4) is 0 Å². The van der Waals surface area contributed by atoms with Gasteiger partial charge in [0.1, 0.15) is 5.75 Å². The summed E-state index contributed by atoms with van der Waals surface area (Å²) in [6.07, 6.45) is 1.44. The lowest BCUT2D eigenvalue weighted by Gasteiger charge is -2.08. The molecule has 0 bridgehead atoms. The number of benzene rings is 2. The van der Waals surface area contributed by atoms with Crippen molar-refractivity contribution in [1.29, 1.82) is 5.26 Å². The van der Waals surface area contributed by atoms with E-state index in [0.29, 0.717) is 25.1 Å². The fourth-order valence-electron chi connectivity index (χ4n) is 2.48. The predicted octanol–water partition coefficient (Wildman–Crippen LogP) is 3.48. The summed E-state index contributed by atoms with van der Waals surface area (Å²) in [5.41, 5.74) is 1.33. The molecule has 0 saturated carbocycles. The first-order chi connectivity index (χ1) is 13.5. The highest BCUT2D eigenvalue weighted by atomic mass is 32.2. The second-order valence-electron chi connectivity index (χ2n) is 6.28. The molecule has 0 saturated heterocycles. The van der Waals surface area contributed by atoms with Gasteiger partial charge in [-0.05, 0) is 54.8 Å². The Morgan fingerprint density at radius 3 is 2.39 bits per heavy atom. The molecule has 2 rings (SSSR count). The van der Waals surface area contributed by atoms with Crippen molar-refractivity contribution >= 4 is 15.7 Å². The molecule has 7 heteroatoms. The molecule has 1 N–H and O–H groups in total. The summed E-state index contributed by atoms with van der Waals surface area (Å²) in [4.78, 5) is 12.4. The normalized spacial score (nSPS) is 10.9. The van der Waals surface area contributed by atoms with Crippen LogP contribution in [0, 0.1) is 11.3 Å². The average molecular weight is 401 g/mol.